The van der Waals surface area contributed by atoms with Gasteiger partial charge in [-0.1, -0.05) is 30.3 Å². The summed E-state index contributed by atoms with van der Waals surface area (Å²) in [5.41, 5.74) is 4.46. The topological polar surface area (TPSA) is 75.3 Å². The molecule has 192 valence electrons. The number of aryl methyl sites for hydroxylation is 2. The van der Waals surface area contributed by atoms with E-state index in [1.807, 2.05) is 25.1 Å². The van der Waals surface area contributed by atoms with Crippen molar-refractivity contribution in [1.82, 2.24) is 0 Å². The summed E-state index contributed by atoms with van der Waals surface area (Å²) in [5.74, 6) is 3.87. The second-order valence-corrected chi connectivity index (χ2v) is 13.1. The highest BCUT2D eigenvalue weighted by Crippen LogP contribution is 2.59. The Balaban J connectivity index is 1.17. The molecule has 0 atom stereocenters. The number of amides is 1. The quantitative estimate of drug-likeness (QED) is 0.376. The first-order valence-electron chi connectivity index (χ1n) is 13.4. The van der Waals surface area contributed by atoms with Crippen LogP contribution in [-0.4, -0.2) is 14.3 Å². The maximum Gasteiger partial charge on any atom is 0.262 e. The van der Waals surface area contributed by atoms with Crippen LogP contribution in [0.25, 0.3) is 0 Å². The van der Waals surface area contributed by atoms with Gasteiger partial charge in [-0.15, -0.1) is 0 Å². The highest BCUT2D eigenvalue weighted by atomic mass is 32.2. The van der Waals surface area contributed by atoms with Gasteiger partial charge in [-0.2, -0.15) is 0 Å². The van der Waals surface area contributed by atoms with Crippen LogP contribution in [0.4, 0.5) is 11.4 Å². The summed E-state index contributed by atoms with van der Waals surface area (Å²) in [6, 6.07) is 20.3. The lowest BCUT2D eigenvalue weighted by Crippen LogP contribution is -2.43. The van der Waals surface area contributed by atoms with Crippen LogP contribution in [0.1, 0.15) is 65.1 Å². The maximum absolute atomic E-state index is 13.1. The number of benzene rings is 3. The van der Waals surface area contributed by atoms with Gasteiger partial charge in [0.1, 0.15) is 0 Å². The fraction of sp³-hybridized carbons (Fsp3) is 0.387. The third-order valence-electron chi connectivity index (χ3n) is 8.79. The molecule has 7 rings (SSSR count). The fourth-order valence-corrected chi connectivity index (χ4v) is 8.73. The van der Waals surface area contributed by atoms with Crippen molar-refractivity contribution < 1.29 is 13.2 Å². The van der Waals surface area contributed by atoms with Crippen LogP contribution in [0.15, 0.2) is 71.6 Å². The summed E-state index contributed by atoms with van der Waals surface area (Å²) >= 11 is 0. The van der Waals surface area contributed by atoms with Crippen molar-refractivity contribution in [3.63, 3.8) is 0 Å². The van der Waals surface area contributed by atoms with E-state index in [0.717, 1.165) is 34.9 Å². The molecule has 4 fully saturated rings. The second-order valence-electron chi connectivity index (χ2n) is 11.5. The molecule has 4 bridgehead atoms. The summed E-state index contributed by atoms with van der Waals surface area (Å²) in [6.45, 7) is 3.64. The molecule has 0 spiro atoms. The van der Waals surface area contributed by atoms with Crippen LogP contribution >= 0.6 is 0 Å². The first kappa shape index (κ1) is 24.2. The number of carbonyl (C=O) groups is 1. The number of anilines is 2. The van der Waals surface area contributed by atoms with Crippen LogP contribution in [0.3, 0.4) is 0 Å². The van der Waals surface area contributed by atoms with Gasteiger partial charge in [0.2, 0.25) is 0 Å². The molecular weight excluding hydrogens is 480 g/mol. The Morgan fingerprint density at radius 2 is 1.46 bits per heavy atom. The number of carbonyl (C=O) groups excluding carboxylic acids is 1. The van der Waals surface area contributed by atoms with E-state index in [4.69, 9.17) is 0 Å². The summed E-state index contributed by atoms with van der Waals surface area (Å²) in [5, 5.41) is 2.95. The van der Waals surface area contributed by atoms with E-state index < -0.39 is 10.0 Å². The predicted molar refractivity (Wildman–Crippen MR) is 147 cm³/mol. The molecule has 5 nitrogen and oxygen atoms in total. The van der Waals surface area contributed by atoms with E-state index in [1.165, 1.54) is 43.7 Å². The maximum atomic E-state index is 13.1. The number of sulfonamides is 1. The molecule has 4 saturated carbocycles. The zero-order valence-corrected chi connectivity index (χ0v) is 22.2. The van der Waals surface area contributed by atoms with Crippen molar-refractivity contribution in [2.75, 3.05) is 10.0 Å². The Kier molecular flexibility index (Phi) is 6.10. The van der Waals surface area contributed by atoms with Crippen molar-refractivity contribution in [2.45, 2.75) is 56.8 Å². The Morgan fingerprint density at radius 3 is 2.11 bits per heavy atom. The van der Waals surface area contributed by atoms with Gasteiger partial charge in [0.05, 0.1) is 4.90 Å². The Hall–Kier alpha value is -3.12. The minimum Gasteiger partial charge on any atom is -0.322 e. The molecule has 2 N–H and O–H groups in total. The van der Waals surface area contributed by atoms with E-state index in [2.05, 4.69) is 22.2 Å². The molecule has 0 heterocycles. The normalized spacial score (nSPS) is 26.2. The van der Waals surface area contributed by atoms with E-state index in [-0.39, 0.29) is 10.8 Å². The Morgan fingerprint density at radius 1 is 0.784 bits per heavy atom. The van der Waals surface area contributed by atoms with Crippen LogP contribution in [-0.2, 0) is 10.0 Å². The van der Waals surface area contributed by atoms with Gasteiger partial charge >= 0.3 is 0 Å². The summed E-state index contributed by atoms with van der Waals surface area (Å²) < 4.78 is 28.9. The van der Waals surface area contributed by atoms with Crippen LogP contribution < -0.4 is 10.0 Å². The molecule has 0 saturated heterocycles. The monoisotopic (exact) mass is 514 g/mol. The van der Waals surface area contributed by atoms with E-state index in [9.17, 15) is 13.2 Å². The lowest BCUT2D eigenvalue weighted by Gasteiger charge is -2.54. The largest absolute Gasteiger partial charge is 0.322 e. The molecule has 0 radical (unpaired) electrons. The molecule has 3 aromatic rings. The number of hydrogen-bond donors (Lipinski definition) is 2. The molecule has 0 aromatic heterocycles. The van der Waals surface area contributed by atoms with Gasteiger partial charge in [0.25, 0.3) is 15.9 Å². The first-order valence-corrected chi connectivity index (χ1v) is 14.8. The van der Waals surface area contributed by atoms with Crippen LogP contribution in [0.5, 0.6) is 0 Å². The zero-order valence-electron chi connectivity index (χ0n) is 21.4. The zero-order chi connectivity index (χ0) is 25.7. The van der Waals surface area contributed by atoms with Gasteiger partial charge in [0, 0.05) is 16.9 Å². The summed E-state index contributed by atoms with van der Waals surface area (Å²) in [4.78, 5) is 13.2. The third-order valence-corrected chi connectivity index (χ3v) is 10.3. The smallest absolute Gasteiger partial charge is 0.262 e. The van der Waals surface area contributed by atoms with E-state index in [1.54, 1.807) is 37.3 Å². The number of hydrogen-bond acceptors (Lipinski definition) is 3. The molecular formula is C31H34N2O3S. The lowest BCUT2D eigenvalue weighted by atomic mass is 9.51. The highest BCUT2D eigenvalue weighted by Gasteiger charge is 2.48. The minimum absolute atomic E-state index is 0.0962. The second kappa shape index (κ2) is 9.32. The molecule has 0 aliphatic heterocycles. The van der Waals surface area contributed by atoms with E-state index >= 15 is 0 Å². The molecule has 37 heavy (non-hydrogen) atoms. The molecule has 0 unspecified atom stereocenters. The fourth-order valence-electron chi connectivity index (χ4n) is 7.41. The molecule has 3 aromatic carbocycles. The number of nitrogens with one attached hydrogen (secondary N) is 2. The predicted octanol–water partition coefficient (Wildman–Crippen LogP) is 6.90. The average molecular weight is 515 g/mol. The lowest BCUT2D eigenvalue weighted by molar-refractivity contribution is -0.00277. The number of rotatable bonds is 6. The SMILES string of the molecule is Cc1cccc(NS(=O)(=O)c2cc(C(=O)Nc3ccc(C4C5CC6CC(C5)CC4C6)cc3)ccc2C)c1. The summed E-state index contributed by atoms with van der Waals surface area (Å²) in [7, 11) is -3.85. The van der Waals surface area contributed by atoms with Crippen molar-refractivity contribution in [3.8, 4) is 0 Å². The van der Waals surface area contributed by atoms with Crippen LogP contribution in [0, 0.1) is 37.5 Å². The van der Waals surface area contributed by atoms with Crippen molar-refractivity contribution in [3.05, 3.63) is 89.0 Å². The van der Waals surface area contributed by atoms with Gasteiger partial charge in [0.15, 0.2) is 0 Å². The molecule has 6 heteroatoms. The van der Waals surface area contributed by atoms with Gasteiger partial charge in [-0.05, 0) is 129 Å². The van der Waals surface area contributed by atoms with E-state index in [0.29, 0.717) is 22.7 Å². The highest BCUT2D eigenvalue weighted by molar-refractivity contribution is 7.92. The Bertz CT molecular complexity index is 1420. The van der Waals surface area contributed by atoms with Crippen molar-refractivity contribution in [1.29, 1.82) is 0 Å². The first-order chi connectivity index (χ1) is 17.7. The van der Waals surface area contributed by atoms with Crippen molar-refractivity contribution >= 4 is 27.3 Å². The minimum atomic E-state index is -3.85. The standard InChI is InChI=1S/C31H34N2O3S/c1-19-4-3-5-28(12-19)33-37(35,36)29-18-24(7-6-20(29)2)31(34)32-27-10-8-23(9-11-27)30-25-14-21-13-22(16-25)17-26(30)15-21/h3-12,18,21-22,25-26,30,33H,13-17H2,1-2H3,(H,32,34). The molecule has 4 aliphatic rings. The molecule has 4 aliphatic carbocycles. The van der Waals surface area contributed by atoms with Gasteiger partial charge in [-0.3, -0.25) is 9.52 Å². The van der Waals surface area contributed by atoms with Crippen molar-refractivity contribution in [2.24, 2.45) is 23.7 Å². The summed E-state index contributed by atoms with van der Waals surface area (Å²) in [6.07, 6.45) is 6.98. The molecule has 1 amide bonds. The van der Waals surface area contributed by atoms with Gasteiger partial charge < -0.3 is 5.32 Å². The Labute approximate surface area is 219 Å². The van der Waals surface area contributed by atoms with Crippen LogP contribution in [0.2, 0.25) is 0 Å². The third kappa shape index (κ3) is 4.79. The average Bonchev–Trinajstić information content (AvgIpc) is 2.84. The van der Waals surface area contributed by atoms with Gasteiger partial charge in [-0.25, -0.2) is 8.42 Å².